The molecule has 0 saturated carbocycles. The third-order valence-electron chi connectivity index (χ3n) is 5.85. The number of esters is 4. The highest BCUT2D eigenvalue weighted by atomic mass is 16.6. The number of hydrogen-bond donors (Lipinski definition) is 0. The maximum atomic E-state index is 13.4. The SMILES string of the molecule is O=C(Oc1ccccc1)c1cc(C(=O)Oc2ccccc2)c(C(=O)Oc2ccccc2)cc1C(=O)Oc1ccccc1. The number of hydrogen-bond acceptors (Lipinski definition) is 8. The van der Waals surface area contributed by atoms with E-state index in [-0.39, 0.29) is 45.3 Å². The average Bonchev–Trinajstić information content (AvgIpc) is 3.02. The fraction of sp³-hybridized carbons (Fsp3) is 0. The first-order valence-electron chi connectivity index (χ1n) is 12.7. The maximum absolute atomic E-state index is 13.4. The van der Waals surface area contributed by atoms with Gasteiger partial charge in [-0.25, -0.2) is 19.2 Å². The zero-order valence-electron chi connectivity index (χ0n) is 22.0. The summed E-state index contributed by atoms with van der Waals surface area (Å²) in [6.07, 6.45) is 0. The minimum atomic E-state index is -0.960. The van der Waals surface area contributed by atoms with Crippen LogP contribution in [0.2, 0.25) is 0 Å². The van der Waals surface area contributed by atoms with Gasteiger partial charge in [-0.2, -0.15) is 0 Å². The topological polar surface area (TPSA) is 105 Å². The molecule has 0 saturated heterocycles. The van der Waals surface area contributed by atoms with Gasteiger partial charge in [0.1, 0.15) is 23.0 Å². The molecular formula is C34H22O8. The molecule has 5 aromatic carbocycles. The zero-order valence-corrected chi connectivity index (χ0v) is 22.0. The molecule has 0 N–H and O–H groups in total. The van der Waals surface area contributed by atoms with Gasteiger partial charge < -0.3 is 18.9 Å². The zero-order chi connectivity index (χ0) is 29.3. The van der Waals surface area contributed by atoms with Crippen molar-refractivity contribution in [3.05, 3.63) is 156 Å². The molecule has 0 bridgehead atoms. The van der Waals surface area contributed by atoms with Crippen molar-refractivity contribution in [2.24, 2.45) is 0 Å². The van der Waals surface area contributed by atoms with Crippen LogP contribution >= 0.6 is 0 Å². The first-order chi connectivity index (χ1) is 20.5. The van der Waals surface area contributed by atoms with E-state index in [4.69, 9.17) is 18.9 Å². The predicted octanol–water partition coefficient (Wildman–Crippen LogP) is 6.56. The van der Waals surface area contributed by atoms with Crippen molar-refractivity contribution >= 4 is 23.9 Å². The summed E-state index contributed by atoms with van der Waals surface area (Å²) in [5.41, 5.74) is -1.29. The maximum Gasteiger partial charge on any atom is 0.344 e. The highest BCUT2D eigenvalue weighted by molar-refractivity contribution is 6.11. The van der Waals surface area contributed by atoms with Crippen molar-refractivity contribution in [1.29, 1.82) is 0 Å². The Labute approximate surface area is 240 Å². The molecular weight excluding hydrogens is 536 g/mol. The lowest BCUT2D eigenvalue weighted by Crippen LogP contribution is -2.23. The summed E-state index contributed by atoms with van der Waals surface area (Å²) >= 11 is 0. The second-order valence-corrected chi connectivity index (χ2v) is 8.75. The van der Waals surface area contributed by atoms with Gasteiger partial charge in [-0.1, -0.05) is 72.8 Å². The lowest BCUT2D eigenvalue weighted by molar-refractivity contribution is 0.0678. The largest absolute Gasteiger partial charge is 0.423 e. The van der Waals surface area contributed by atoms with E-state index in [0.29, 0.717) is 0 Å². The standard InChI is InChI=1S/C34H22O8/c35-31(39-23-13-5-1-6-14-23)27-21-29(33(37)41-25-17-9-3-10-18-25)30(34(38)42-26-19-11-4-12-20-26)22-28(27)32(36)40-24-15-7-2-8-16-24/h1-22H. The molecule has 5 rings (SSSR count). The van der Waals surface area contributed by atoms with Gasteiger partial charge in [-0.05, 0) is 60.7 Å². The second kappa shape index (κ2) is 12.9. The summed E-state index contributed by atoms with van der Waals surface area (Å²) in [5.74, 6) is -3.04. The second-order valence-electron chi connectivity index (χ2n) is 8.75. The van der Waals surface area contributed by atoms with E-state index in [1.165, 1.54) is 0 Å². The van der Waals surface area contributed by atoms with Crippen molar-refractivity contribution < 1.29 is 38.1 Å². The number of ether oxygens (including phenoxy) is 4. The van der Waals surface area contributed by atoms with Gasteiger partial charge in [-0.3, -0.25) is 0 Å². The molecule has 206 valence electrons. The van der Waals surface area contributed by atoms with Crippen LogP contribution in [0, 0.1) is 0 Å². The number of rotatable bonds is 8. The summed E-state index contributed by atoms with van der Waals surface area (Å²) in [5, 5.41) is 0. The molecule has 0 heterocycles. The quantitative estimate of drug-likeness (QED) is 0.156. The van der Waals surface area contributed by atoms with Crippen molar-refractivity contribution in [3.63, 3.8) is 0 Å². The van der Waals surface area contributed by atoms with E-state index in [1.807, 2.05) is 0 Å². The third-order valence-corrected chi connectivity index (χ3v) is 5.85. The molecule has 8 nitrogen and oxygen atoms in total. The fourth-order valence-corrected chi connectivity index (χ4v) is 3.88. The Balaban J connectivity index is 1.61. The smallest absolute Gasteiger partial charge is 0.344 e. The van der Waals surface area contributed by atoms with Gasteiger partial charge in [0.25, 0.3) is 0 Å². The Hall–Kier alpha value is -6.02. The van der Waals surface area contributed by atoms with Crippen LogP contribution in [0.5, 0.6) is 23.0 Å². The summed E-state index contributed by atoms with van der Waals surface area (Å²) in [6, 6.07) is 34.8. The molecule has 0 aliphatic rings. The molecule has 42 heavy (non-hydrogen) atoms. The molecule has 0 radical (unpaired) electrons. The molecule has 5 aromatic rings. The van der Waals surface area contributed by atoms with Crippen LogP contribution in [0.1, 0.15) is 41.4 Å². The van der Waals surface area contributed by atoms with Crippen LogP contribution in [-0.4, -0.2) is 23.9 Å². The van der Waals surface area contributed by atoms with Gasteiger partial charge in [0, 0.05) is 0 Å². The molecule has 0 aliphatic carbocycles. The van der Waals surface area contributed by atoms with Gasteiger partial charge in [0.05, 0.1) is 22.3 Å². The molecule has 0 aromatic heterocycles. The summed E-state index contributed by atoms with van der Waals surface area (Å²) < 4.78 is 21.9. The van der Waals surface area contributed by atoms with E-state index < -0.39 is 23.9 Å². The van der Waals surface area contributed by atoms with Crippen molar-refractivity contribution in [2.45, 2.75) is 0 Å². The number of carbonyl (C=O) groups is 4. The minimum absolute atomic E-state index is 0.200. The van der Waals surface area contributed by atoms with E-state index in [2.05, 4.69) is 0 Å². The lowest BCUT2D eigenvalue weighted by atomic mass is 9.97. The Morgan fingerprint density at radius 1 is 0.310 bits per heavy atom. The van der Waals surface area contributed by atoms with Gasteiger partial charge in [-0.15, -0.1) is 0 Å². The number of benzene rings is 5. The van der Waals surface area contributed by atoms with E-state index in [0.717, 1.165) is 12.1 Å². The van der Waals surface area contributed by atoms with Crippen LogP contribution in [0.15, 0.2) is 133 Å². The summed E-state index contributed by atoms with van der Waals surface area (Å²) in [7, 11) is 0. The molecule has 0 fully saturated rings. The molecule has 0 atom stereocenters. The normalized spacial score (nSPS) is 10.3. The van der Waals surface area contributed by atoms with Crippen LogP contribution in [0.3, 0.4) is 0 Å². The van der Waals surface area contributed by atoms with Crippen molar-refractivity contribution in [1.82, 2.24) is 0 Å². The highest BCUT2D eigenvalue weighted by Crippen LogP contribution is 2.25. The van der Waals surface area contributed by atoms with Crippen molar-refractivity contribution in [3.8, 4) is 23.0 Å². The molecule has 0 amide bonds. The lowest BCUT2D eigenvalue weighted by Gasteiger charge is -2.15. The van der Waals surface area contributed by atoms with Gasteiger partial charge >= 0.3 is 23.9 Å². The number of para-hydroxylation sites is 4. The monoisotopic (exact) mass is 558 g/mol. The summed E-state index contributed by atoms with van der Waals surface area (Å²) in [4.78, 5) is 53.6. The molecule has 0 unspecified atom stereocenters. The molecule has 0 aliphatic heterocycles. The Kier molecular flexibility index (Phi) is 8.45. The highest BCUT2D eigenvalue weighted by Gasteiger charge is 2.30. The fourth-order valence-electron chi connectivity index (χ4n) is 3.88. The average molecular weight is 559 g/mol. The van der Waals surface area contributed by atoms with Crippen LogP contribution in [0.25, 0.3) is 0 Å². The Bertz CT molecular complexity index is 1460. The predicted molar refractivity (Wildman–Crippen MR) is 152 cm³/mol. The molecule has 0 spiro atoms. The van der Waals surface area contributed by atoms with E-state index in [9.17, 15) is 19.2 Å². The molecule has 8 heteroatoms. The van der Waals surface area contributed by atoms with Gasteiger partial charge in [0.2, 0.25) is 0 Å². The number of carbonyl (C=O) groups excluding carboxylic acids is 4. The van der Waals surface area contributed by atoms with Gasteiger partial charge in [0.15, 0.2) is 0 Å². The van der Waals surface area contributed by atoms with Crippen molar-refractivity contribution in [2.75, 3.05) is 0 Å². The Morgan fingerprint density at radius 2 is 0.500 bits per heavy atom. The van der Waals surface area contributed by atoms with Crippen LogP contribution in [0.4, 0.5) is 0 Å². The van der Waals surface area contributed by atoms with Crippen LogP contribution < -0.4 is 18.9 Å². The summed E-state index contributed by atoms with van der Waals surface area (Å²) in [6.45, 7) is 0. The van der Waals surface area contributed by atoms with Crippen LogP contribution in [-0.2, 0) is 0 Å². The Morgan fingerprint density at radius 3 is 0.690 bits per heavy atom. The minimum Gasteiger partial charge on any atom is -0.423 e. The van der Waals surface area contributed by atoms with E-state index in [1.54, 1.807) is 121 Å². The first kappa shape index (κ1) is 27.5. The third kappa shape index (κ3) is 6.75. The van der Waals surface area contributed by atoms with E-state index >= 15 is 0 Å². The first-order valence-corrected chi connectivity index (χ1v) is 12.7.